The Balaban J connectivity index is 1.25. The molecule has 0 aromatic heterocycles. The minimum atomic E-state index is 0.289. The number of unbranched alkanes of at least 4 members (excludes halogenated alkanes) is 1. The zero-order valence-corrected chi connectivity index (χ0v) is 33.0. The highest BCUT2D eigenvalue weighted by atomic mass is 127. The molecule has 4 rings (SSSR count). The molecule has 0 fully saturated rings. The van der Waals surface area contributed by atoms with E-state index in [-0.39, 0.29) is 10.8 Å². The van der Waals surface area contributed by atoms with Crippen LogP contribution in [0.4, 0.5) is 0 Å². The summed E-state index contributed by atoms with van der Waals surface area (Å²) >= 11 is 4.79. The molecule has 0 aliphatic heterocycles. The van der Waals surface area contributed by atoms with Gasteiger partial charge >= 0.3 is 0 Å². The minimum Gasteiger partial charge on any atom is -0.492 e. The third-order valence-corrected chi connectivity index (χ3v) is 12.3. The van der Waals surface area contributed by atoms with Crippen LogP contribution in [0.1, 0.15) is 104 Å². The molecule has 0 heterocycles. The molecular weight excluding hydrogens is 790 g/mol. The normalized spacial score (nSPS) is 11.9. The lowest BCUT2D eigenvalue weighted by Gasteiger charge is -2.31. The highest BCUT2D eigenvalue weighted by molar-refractivity contribution is 14.1. The summed E-state index contributed by atoms with van der Waals surface area (Å²) in [6, 6.07) is 31.5. The first-order chi connectivity index (χ1) is 22.3. The Hall–Kier alpha value is -2.06. The van der Waals surface area contributed by atoms with Crippen molar-refractivity contribution in [2.75, 3.05) is 13.2 Å². The van der Waals surface area contributed by atoms with Gasteiger partial charge in [0.25, 0.3) is 0 Å². The van der Waals surface area contributed by atoms with Crippen LogP contribution in [0, 0.1) is 7.14 Å². The Morgan fingerprint density at radius 2 is 0.739 bits per heavy atom. The van der Waals surface area contributed by atoms with E-state index in [1.807, 2.05) is 0 Å². The molecule has 0 amide bonds. The van der Waals surface area contributed by atoms with Crippen molar-refractivity contribution in [3.63, 3.8) is 0 Å². The number of rotatable bonds is 17. The second kappa shape index (κ2) is 17.4. The number of halogens is 2. The first kappa shape index (κ1) is 36.8. The minimum absolute atomic E-state index is 0.289. The molecule has 0 bridgehead atoms. The molecule has 4 heteroatoms. The van der Waals surface area contributed by atoms with Crippen LogP contribution in [0.5, 0.6) is 11.5 Å². The van der Waals surface area contributed by atoms with Crippen LogP contribution >= 0.6 is 45.2 Å². The summed E-state index contributed by atoms with van der Waals surface area (Å²) in [6.45, 7) is 15.2. The topological polar surface area (TPSA) is 18.5 Å². The molecule has 0 spiro atoms. The fourth-order valence-corrected chi connectivity index (χ4v) is 8.26. The van der Waals surface area contributed by atoms with Crippen LogP contribution in [0.15, 0.2) is 84.9 Å². The van der Waals surface area contributed by atoms with Crippen LogP contribution < -0.4 is 9.47 Å². The van der Waals surface area contributed by atoms with Crippen LogP contribution in [0.2, 0.25) is 0 Å². The van der Waals surface area contributed by atoms with Gasteiger partial charge in [-0.15, -0.1) is 0 Å². The largest absolute Gasteiger partial charge is 0.492 e. The molecule has 246 valence electrons. The Bertz CT molecular complexity index is 1380. The number of hydrogen-bond acceptors (Lipinski definition) is 2. The average Bonchev–Trinajstić information content (AvgIpc) is 3.10. The molecule has 0 atom stereocenters. The number of hydrogen-bond donors (Lipinski definition) is 0. The highest BCUT2D eigenvalue weighted by Gasteiger charge is 2.27. The summed E-state index contributed by atoms with van der Waals surface area (Å²) in [5, 5.41) is 0. The van der Waals surface area contributed by atoms with Crippen LogP contribution in [0.25, 0.3) is 22.3 Å². The van der Waals surface area contributed by atoms with Crippen molar-refractivity contribution in [1.82, 2.24) is 0 Å². The van der Waals surface area contributed by atoms with Crippen molar-refractivity contribution in [2.24, 2.45) is 0 Å². The van der Waals surface area contributed by atoms with Gasteiger partial charge in [-0.25, -0.2) is 0 Å². The van der Waals surface area contributed by atoms with E-state index in [2.05, 4.69) is 172 Å². The summed E-state index contributed by atoms with van der Waals surface area (Å²) in [6.07, 6.45) is 8.95. The van der Waals surface area contributed by atoms with Crippen molar-refractivity contribution < 1.29 is 9.47 Å². The summed E-state index contributed by atoms with van der Waals surface area (Å²) in [5.74, 6) is 1.90. The van der Waals surface area contributed by atoms with Gasteiger partial charge in [0, 0.05) is 0 Å². The van der Waals surface area contributed by atoms with Crippen molar-refractivity contribution in [2.45, 2.75) is 104 Å². The lowest BCUT2D eigenvalue weighted by Crippen LogP contribution is -2.23. The van der Waals surface area contributed by atoms with E-state index in [1.54, 1.807) is 0 Å². The Kier molecular flexibility index (Phi) is 13.9. The first-order valence-corrected chi connectivity index (χ1v) is 19.5. The van der Waals surface area contributed by atoms with E-state index in [0.717, 1.165) is 31.5 Å². The zero-order valence-electron chi connectivity index (χ0n) is 28.7. The molecule has 0 aliphatic rings. The summed E-state index contributed by atoms with van der Waals surface area (Å²) < 4.78 is 14.6. The summed E-state index contributed by atoms with van der Waals surface area (Å²) in [5.41, 5.74) is 8.46. The lowest BCUT2D eigenvalue weighted by atomic mass is 9.73. The standard InChI is InChI=1S/C42H52I2O2/c1-7-41(8-2,9-3)35-21-15-31(16-22-35)33-19-25-39(37(43)29-33)45-27-13-14-28-46-40-26-20-34(30-38(40)44)32-17-23-36(24-18-32)42(10-4,11-5)12-6/h15-26,29-30H,7-14,27-28H2,1-6H3. The maximum Gasteiger partial charge on any atom is 0.132 e. The SMILES string of the molecule is CCC(CC)(CC)c1ccc(-c2ccc(OCCCCOc3ccc(-c4ccc(C(CC)(CC)CC)cc4)cc3I)c(I)c2)cc1. The van der Waals surface area contributed by atoms with Crippen molar-refractivity contribution in [1.29, 1.82) is 0 Å². The zero-order chi connectivity index (χ0) is 33.2. The quantitative estimate of drug-likeness (QED) is 0.0779. The fraction of sp³-hybridized carbons (Fsp3) is 0.429. The van der Waals surface area contributed by atoms with Crippen LogP contribution in [-0.4, -0.2) is 13.2 Å². The van der Waals surface area contributed by atoms with E-state index >= 15 is 0 Å². The molecule has 0 radical (unpaired) electrons. The van der Waals surface area contributed by atoms with E-state index in [1.165, 1.54) is 71.9 Å². The maximum atomic E-state index is 6.16. The Morgan fingerprint density at radius 1 is 0.435 bits per heavy atom. The second-order valence-electron chi connectivity index (χ2n) is 12.5. The second-order valence-corrected chi connectivity index (χ2v) is 14.9. The van der Waals surface area contributed by atoms with Gasteiger partial charge in [0.05, 0.1) is 20.4 Å². The number of ether oxygens (including phenoxy) is 2. The lowest BCUT2D eigenvalue weighted by molar-refractivity contribution is 0.264. The van der Waals surface area contributed by atoms with E-state index in [9.17, 15) is 0 Å². The van der Waals surface area contributed by atoms with Gasteiger partial charge in [-0.05, 0) is 165 Å². The predicted molar refractivity (Wildman–Crippen MR) is 215 cm³/mol. The van der Waals surface area contributed by atoms with Gasteiger partial charge in [0.1, 0.15) is 11.5 Å². The first-order valence-electron chi connectivity index (χ1n) is 17.3. The molecule has 4 aromatic carbocycles. The van der Waals surface area contributed by atoms with Gasteiger partial charge in [-0.3, -0.25) is 0 Å². The van der Waals surface area contributed by atoms with E-state index < -0.39 is 0 Å². The fourth-order valence-electron chi connectivity index (χ4n) is 6.92. The highest BCUT2D eigenvalue weighted by Crippen LogP contribution is 2.38. The van der Waals surface area contributed by atoms with E-state index in [0.29, 0.717) is 13.2 Å². The van der Waals surface area contributed by atoms with E-state index in [4.69, 9.17) is 9.47 Å². The maximum absolute atomic E-state index is 6.16. The van der Waals surface area contributed by atoms with Crippen LogP contribution in [0.3, 0.4) is 0 Å². The van der Waals surface area contributed by atoms with Crippen LogP contribution in [-0.2, 0) is 10.8 Å². The van der Waals surface area contributed by atoms with Gasteiger partial charge in [0.2, 0.25) is 0 Å². The van der Waals surface area contributed by atoms with Gasteiger partial charge < -0.3 is 9.47 Å². The van der Waals surface area contributed by atoms with Gasteiger partial charge in [-0.1, -0.05) is 102 Å². The average molecular weight is 843 g/mol. The molecule has 0 saturated carbocycles. The van der Waals surface area contributed by atoms with Crippen molar-refractivity contribution in [3.8, 4) is 33.8 Å². The van der Waals surface area contributed by atoms with Crippen molar-refractivity contribution >= 4 is 45.2 Å². The molecule has 2 nitrogen and oxygen atoms in total. The number of benzene rings is 4. The monoisotopic (exact) mass is 842 g/mol. The van der Waals surface area contributed by atoms with Crippen molar-refractivity contribution in [3.05, 3.63) is 103 Å². The summed E-state index contributed by atoms with van der Waals surface area (Å²) in [4.78, 5) is 0. The third-order valence-electron chi connectivity index (χ3n) is 10.6. The summed E-state index contributed by atoms with van der Waals surface area (Å²) in [7, 11) is 0. The Morgan fingerprint density at radius 3 is 1.02 bits per heavy atom. The third kappa shape index (κ3) is 8.50. The molecule has 0 N–H and O–H groups in total. The molecule has 0 unspecified atom stereocenters. The predicted octanol–water partition coefficient (Wildman–Crippen LogP) is 13.4. The molecule has 0 saturated heterocycles. The smallest absolute Gasteiger partial charge is 0.132 e. The molecular formula is C42H52I2O2. The Labute approximate surface area is 306 Å². The molecule has 0 aliphatic carbocycles. The molecule has 46 heavy (non-hydrogen) atoms. The van der Waals surface area contributed by atoms with Gasteiger partial charge in [-0.2, -0.15) is 0 Å². The molecule has 4 aromatic rings. The van der Waals surface area contributed by atoms with Gasteiger partial charge in [0.15, 0.2) is 0 Å².